The largest absolute Gasteiger partial charge is 0.468 e. The summed E-state index contributed by atoms with van der Waals surface area (Å²) in [5.41, 5.74) is 6.85. The van der Waals surface area contributed by atoms with Gasteiger partial charge in [0.2, 0.25) is 0 Å². The first-order valence-corrected chi connectivity index (χ1v) is 6.47. The van der Waals surface area contributed by atoms with Crippen LogP contribution in [-0.2, 0) is 10.5 Å². The number of ether oxygens (including phenoxy) is 1. The van der Waals surface area contributed by atoms with Crippen LogP contribution in [0.15, 0.2) is 28.0 Å². The summed E-state index contributed by atoms with van der Waals surface area (Å²) in [5, 5.41) is 0.546. The van der Waals surface area contributed by atoms with Crippen LogP contribution in [0.4, 0.5) is 5.82 Å². The molecule has 0 unspecified atom stereocenters. The third-order valence-corrected chi connectivity index (χ3v) is 3.18. The van der Waals surface area contributed by atoms with Gasteiger partial charge in [-0.05, 0) is 13.0 Å². The summed E-state index contributed by atoms with van der Waals surface area (Å²) in [4.78, 5) is 19.8. The summed E-state index contributed by atoms with van der Waals surface area (Å²) in [6.45, 7) is 1.84. The molecule has 0 aliphatic rings. The average molecular weight is 279 g/mol. The molecule has 2 aromatic heterocycles. The number of hydrogen-bond acceptors (Lipinski definition) is 7. The zero-order chi connectivity index (χ0) is 13.8. The number of esters is 1. The van der Waals surface area contributed by atoms with E-state index in [0.717, 1.165) is 5.69 Å². The summed E-state index contributed by atoms with van der Waals surface area (Å²) in [6, 6.07) is 3.27. The van der Waals surface area contributed by atoms with Crippen LogP contribution in [0.5, 0.6) is 0 Å². The zero-order valence-electron chi connectivity index (χ0n) is 10.5. The van der Waals surface area contributed by atoms with Gasteiger partial charge < -0.3 is 14.9 Å². The molecule has 100 valence electrons. The third kappa shape index (κ3) is 3.25. The summed E-state index contributed by atoms with van der Waals surface area (Å²) >= 11 is 1.34. The maximum atomic E-state index is 11.5. The Hall–Kier alpha value is -2.02. The van der Waals surface area contributed by atoms with Crippen LogP contribution in [0.3, 0.4) is 0 Å². The van der Waals surface area contributed by atoms with Crippen LogP contribution in [0, 0.1) is 6.92 Å². The smallest absolute Gasteiger partial charge is 0.341 e. The van der Waals surface area contributed by atoms with E-state index in [1.807, 2.05) is 6.92 Å². The molecule has 7 heteroatoms. The summed E-state index contributed by atoms with van der Waals surface area (Å²) in [7, 11) is 1.33. The molecule has 0 saturated heterocycles. The monoisotopic (exact) mass is 279 g/mol. The summed E-state index contributed by atoms with van der Waals surface area (Å²) < 4.78 is 9.93. The number of carbonyl (C=O) groups is 1. The minimum absolute atomic E-state index is 0.413. The predicted molar refractivity (Wildman–Crippen MR) is 70.8 cm³/mol. The van der Waals surface area contributed by atoms with Gasteiger partial charge in [0.1, 0.15) is 17.1 Å². The number of rotatable bonds is 4. The molecule has 0 fully saturated rings. The first-order valence-electron chi connectivity index (χ1n) is 5.49. The van der Waals surface area contributed by atoms with Crippen molar-refractivity contribution in [1.29, 1.82) is 0 Å². The highest BCUT2D eigenvalue weighted by molar-refractivity contribution is 7.98. The molecule has 6 nitrogen and oxygen atoms in total. The number of hydrogen-bond donors (Lipinski definition) is 1. The van der Waals surface area contributed by atoms with Crippen LogP contribution in [0.2, 0.25) is 0 Å². The van der Waals surface area contributed by atoms with E-state index in [-0.39, 0.29) is 0 Å². The Morgan fingerprint density at radius 3 is 3.00 bits per heavy atom. The first-order chi connectivity index (χ1) is 9.10. The number of nitrogen functional groups attached to an aromatic ring is 1. The number of thioether (sulfide) groups is 1. The number of aryl methyl sites for hydroxylation is 1. The number of aromatic nitrogens is 2. The SMILES string of the molecule is COC(=O)c1ccoc1CSc1nc(C)cc(N)n1. The van der Waals surface area contributed by atoms with E-state index in [9.17, 15) is 4.79 Å². The van der Waals surface area contributed by atoms with Crippen LogP contribution >= 0.6 is 11.8 Å². The molecule has 0 aliphatic carbocycles. The molecule has 0 saturated carbocycles. The van der Waals surface area contributed by atoms with Gasteiger partial charge in [-0.15, -0.1) is 0 Å². The Labute approximate surface area is 114 Å². The van der Waals surface area contributed by atoms with Gasteiger partial charge in [-0.3, -0.25) is 0 Å². The van der Waals surface area contributed by atoms with Gasteiger partial charge in [0.15, 0.2) is 5.16 Å². The standard InChI is InChI=1S/C12H13N3O3S/c1-7-5-10(13)15-12(14-7)19-6-9-8(3-4-18-9)11(16)17-2/h3-5H,6H2,1-2H3,(H2,13,14,15). The number of nitrogens with two attached hydrogens (primary N) is 1. The fourth-order valence-corrected chi connectivity index (χ4v) is 2.37. The molecule has 0 radical (unpaired) electrons. The van der Waals surface area contributed by atoms with E-state index in [0.29, 0.717) is 28.1 Å². The summed E-state index contributed by atoms with van der Waals surface area (Å²) in [5.74, 6) is 0.956. The van der Waals surface area contributed by atoms with Crippen molar-refractivity contribution in [3.8, 4) is 0 Å². The lowest BCUT2D eigenvalue weighted by Crippen LogP contribution is -2.02. The molecule has 2 aromatic rings. The second-order valence-corrected chi connectivity index (χ2v) is 4.70. The minimum Gasteiger partial charge on any atom is -0.468 e. The van der Waals surface area contributed by atoms with Gasteiger partial charge in [0.25, 0.3) is 0 Å². The average Bonchev–Trinajstić information content (AvgIpc) is 2.82. The molecule has 0 amide bonds. The molecular formula is C12H13N3O3S. The van der Waals surface area contributed by atoms with Crippen molar-refractivity contribution in [2.45, 2.75) is 17.8 Å². The highest BCUT2D eigenvalue weighted by Crippen LogP contribution is 2.23. The van der Waals surface area contributed by atoms with E-state index < -0.39 is 5.97 Å². The fraction of sp³-hybridized carbons (Fsp3) is 0.250. The molecule has 0 aliphatic heterocycles. The highest BCUT2D eigenvalue weighted by atomic mass is 32.2. The highest BCUT2D eigenvalue weighted by Gasteiger charge is 2.15. The summed E-state index contributed by atoms with van der Waals surface area (Å²) in [6.07, 6.45) is 1.45. The van der Waals surface area contributed by atoms with Crippen molar-refractivity contribution in [2.24, 2.45) is 0 Å². The van der Waals surface area contributed by atoms with Gasteiger partial charge in [0, 0.05) is 11.8 Å². The van der Waals surface area contributed by atoms with E-state index in [2.05, 4.69) is 14.7 Å². The fourth-order valence-electron chi connectivity index (χ4n) is 1.50. The quantitative estimate of drug-likeness (QED) is 0.520. The topological polar surface area (TPSA) is 91.2 Å². The van der Waals surface area contributed by atoms with Crippen LogP contribution in [0.25, 0.3) is 0 Å². The molecule has 0 aromatic carbocycles. The maximum absolute atomic E-state index is 11.5. The molecule has 2 N–H and O–H groups in total. The van der Waals surface area contributed by atoms with Crippen LogP contribution in [-0.4, -0.2) is 23.0 Å². The Morgan fingerprint density at radius 2 is 2.32 bits per heavy atom. The Balaban J connectivity index is 2.10. The van der Waals surface area contributed by atoms with Crippen LogP contribution < -0.4 is 5.73 Å². The Morgan fingerprint density at radius 1 is 1.53 bits per heavy atom. The molecular weight excluding hydrogens is 266 g/mol. The molecule has 0 atom stereocenters. The molecule has 0 spiro atoms. The maximum Gasteiger partial charge on any atom is 0.341 e. The van der Waals surface area contributed by atoms with Crippen molar-refractivity contribution in [1.82, 2.24) is 9.97 Å². The minimum atomic E-state index is -0.422. The van der Waals surface area contributed by atoms with Gasteiger partial charge in [-0.1, -0.05) is 11.8 Å². The van der Waals surface area contributed by atoms with E-state index in [1.54, 1.807) is 12.1 Å². The van der Waals surface area contributed by atoms with Gasteiger partial charge in [-0.25, -0.2) is 14.8 Å². The second-order valence-electron chi connectivity index (χ2n) is 3.75. The second kappa shape index (κ2) is 5.75. The molecule has 2 heterocycles. The van der Waals surface area contributed by atoms with Crippen LogP contribution in [0.1, 0.15) is 21.8 Å². The van der Waals surface area contributed by atoms with Gasteiger partial charge in [0.05, 0.1) is 19.1 Å². The number of anilines is 1. The van der Waals surface area contributed by atoms with Crippen molar-refractivity contribution < 1.29 is 13.9 Å². The number of nitrogens with zero attached hydrogens (tertiary/aromatic N) is 2. The van der Waals surface area contributed by atoms with Crippen molar-refractivity contribution in [2.75, 3.05) is 12.8 Å². The predicted octanol–water partition coefficient (Wildman–Crippen LogP) is 2.04. The van der Waals surface area contributed by atoms with E-state index >= 15 is 0 Å². The first kappa shape index (κ1) is 13.4. The lowest BCUT2D eigenvalue weighted by Gasteiger charge is -2.03. The van der Waals surface area contributed by atoms with Gasteiger partial charge >= 0.3 is 5.97 Å². The van der Waals surface area contributed by atoms with E-state index in [4.69, 9.17) is 10.2 Å². The number of methoxy groups -OCH3 is 1. The molecule has 2 rings (SSSR count). The third-order valence-electron chi connectivity index (χ3n) is 2.34. The number of furan rings is 1. The molecule has 19 heavy (non-hydrogen) atoms. The van der Waals surface area contributed by atoms with Crippen molar-refractivity contribution in [3.63, 3.8) is 0 Å². The molecule has 0 bridgehead atoms. The normalized spacial score (nSPS) is 10.4. The van der Waals surface area contributed by atoms with Crippen molar-refractivity contribution >= 4 is 23.5 Å². The lowest BCUT2D eigenvalue weighted by molar-refractivity contribution is 0.0598. The lowest BCUT2D eigenvalue weighted by atomic mass is 10.3. The van der Waals surface area contributed by atoms with E-state index in [1.165, 1.54) is 25.1 Å². The Bertz CT molecular complexity index is 577. The Kier molecular flexibility index (Phi) is 4.06. The van der Waals surface area contributed by atoms with Gasteiger partial charge in [-0.2, -0.15) is 0 Å². The zero-order valence-corrected chi connectivity index (χ0v) is 11.4. The number of carbonyl (C=O) groups excluding carboxylic acids is 1. The van der Waals surface area contributed by atoms with Crippen molar-refractivity contribution in [3.05, 3.63) is 35.4 Å².